The molecule has 0 aliphatic carbocycles. The van der Waals surface area contributed by atoms with E-state index >= 15 is 0 Å². The normalized spacial score (nSPS) is 32.8. The van der Waals surface area contributed by atoms with E-state index in [0.717, 1.165) is 0 Å². The molecule has 0 spiro atoms. The van der Waals surface area contributed by atoms with E-state index < -0.39 is 12.2 Å². The number of aliphatic hydroxyl groups is 2. The summed E-state index contributed by atoms with van der Waals surface area (Å²) in [6.07, 6.45) is -1.32. The second-order valence-corrected chi connectivity index (χ2v) is 3.59. The summed E-state index contributed by atoms with van der Waals surface area (Å²) in [5.41, 5.74) is 1.29. The van der Waals surface area contributed by atoms with Gasteiger partial charge in [0.2, 0.25) is 0 Å². The summed E-state index contributed by atoms with van der Waals surface area (Å²) in [5, 5.41) is 18.8. The van der Waals surface area contributed by atoms with Crippen LogP contribution >= 0.6 is 23.2 Å². The molecule has 0 bridgehead atoms. The zero-order chi connectivity index (χ0) is 9.14. The van der Waals surface area contributed by atoms with Gasteiger partial charge in [-0.05, 0) is 0 Å². The van der Waals surface area contributed by atoms with E-state index in [2.05, 4.69) is 0 Å². The van der Waals surface area contributed by atoms with Gasteiger partial charge in [-0.3, -0.25) is 4.90 Å². The van der Waals surface area contributed by atoms with Crippen LogP contribution in [-0.4, -0.2) is 47.0 Å². The first-order valence-corrected chi connectivity index (χ1v) is 4.48. The van der Waals surface area contributed by atoms with Gasteiger partial charge in [0, 0.05) is 30.2 Å². The SMILES string of the molecule is O[C@@H]1CN(C/C(Cl)=C/Cl)C[C@@H]1O. The predicted molar refractivity (Wildman–Crippen MR) is 48.2 cm³/mol. The van der Waals surface area contributed by atoms with Crippen LogP contribution in [0.2, 0.25) is 0 Å². The second kappa shape index (κ2) is 4.44. The molecule has 0 saturated carbocycles. The van der Waals surface area contributed by atoms with E-state index in [9.17, 15) is 0 Å². The van der Waals surface area contributed by atoms with Gasteiger partial charge in [0.1, 0.15) is 0 Å². The van der Waals surface area contributed by atoms with Crippen LogP contribution in [0.3, 0.4) is 0 Å². The van der Waals surface area contributed by atoms with Crippen molar-refractivity contribution in [3.8, 4) is 0 Å². The molecule has 1 saturated heterocycles. The van der Waals surface area contributed by atoms with Crippen molar-refractivity contribution < 1.29 is 10.2 Å². The molecule has 0 amide bonds. The van der Waals surface area contributed by atoms with Crippen molar-refractivity contribution in [2.75, 3.05) is 19.6 Å². The van der Waals surface area contributed by atoms with Crippen LogP contribution in [0.1, 0.15) is 0 Å². The first-order valence-electron chi connectivity index (χ1n) is 3.66. The van der Waals surface area contributed by atoms with Crippen LogP contribution in [0.5, 0.6) is 0 Å². The van der Waals surface area contributed by atoms with E-state index in [1.54, 1.807) is 0 Å². The minimum atomic E-state index is -0.662. The average molecular weight is 212 g/mol. The number of aliphatic hydroxyl groups excluding tert-OH is 2. The first-order chi connectivity index (χ1) is 5.63. The number of hydrogen-bond donors (Lipinski definition) is 2. The summed E-state index contributed by atoms with van der Waals surface area (Å²) in [7, 11) is 0. The van der Waals surface area contributed by atoms with Gasteiger partial charge in [0.15, 0.2) is 0 Å². The van der Waals surface area contributed by atoms with Crippen LogP contribution in [0.25, 0.3) is 0 Å². The van der Waals surface area contributed by atoms with Crippen molar-refractivity contribution >= 4 is 23.2 Å². The highest BCUT2D eigenvalue weighted by atomic mass is 35.5. The molecule has 2 N–H and O–H groups in total. The van der Waals surface area contributed by atoms with E-state index in [1.165, 1.54) is 5.54 Å². The van der Waals surface area contributed by atoms with E-state index in [4.69, 9.17) is 33.4 Å². The van der Waals surface area contributed by atoms with Gasteiger partial charge in [-0.25, -0.2) is 0 Å². The average Bonchev–Trinajstić information content (AvgIpc) is 2.31. The van der Waals surface area contributed by atoms with E-state index in [-0.39, 0.29) is 0 Å². The third-order valence-electron chi connectivity index (χ3n) is 1.83. The van der Waals surface area contributed by atoms with Crippen molar-refractivity contribution in [2.45, 2.75) is 12.2 Å². The van der Waals surface area contributed by atoms with Gasteiger partial charge < -0.3 is 10.2 Å². The lowest BCUT2D eigenvalue weighted by atomic mass is 10.3. The van der Waals surface area contributed by atoms with Crippen LogP contribution < -0.4 is 0 Å². The molecule has 1 heterocycles. The van der Waals surface area contributed by atoms with E-state index in [0.29, 0.717) is 24.7 Å². The summed E-state index contributed by atoms with van der Waals surface area (Å²) in [4.78, 5) is 1.84. The Morgan fingerprint density at radius 1 is 1.42 bits per heavy atom. The lowest BCUT2D eigenvalue weighted by Gasteiger charge is -2.12. The summed E-state index contributed by atoms with van der Waals surface area (Å²) in [6.45, 7) is 1.38. The van der Waals surface area contributed by atoms with Crippen molar-refractivity contribution in [3.05, 3.63) is 10.6 Å². The molecule has 0 unspecified atom stereocenters. The number of hydrogen-bond acceptors (Lipinski definition) is 3. The fourth-order valence-corrected chi connectivity index (χ4v) is 1.46. The largest absolute Gasteiger partial charge is 0.389 e. The quantitative estimate of drug-likeness (QED) is 0.693. The molecule has 5 heteroatoms. The molecule has 12 heavy (non-hydrogen) atoms. The maximum absolute atomic E-state index is 9.17. The number of likely N-dealkylation sites (tertiary alicyclic amines) is 1. The molecule has 2 atom stereocenters. The highest BCUT2D eigenvalue weighted by Crippen LogP contribution is 2.13. The summed E-state index contributed by atoms with van der Waals surface area (Å²) >= 11 is 11.0. The molecule has 0 aromatic carbocycles. The summed E-state index contributed by atoms with van der Waals surface area (Å²) < 4.78 is 0. The van der Waals surface area contributed by atoms with Gasteiger partial charge in [0.25, 0.3) is 0 Å². The van der Waals surface area contributed by atoms with E-state index in [1.807, 2.05) is 4.90 Å². The fourth-order valence-electron chi connectivity index (χ4n) is 1.22. The smallest absolute Gasteiger partial charge is 0.0938 e. The maximum Gasteiger partial charge on any atom is 0.0938 e. The Morgan fingerprint density at radius 3 is 2.33 bits per heavy atom. The number of nitrogens with zero attached hydrogens (tertiary/aromatic N) is 1. The highest BCUT2D eigenvalue weighted by molar-refractivity contribution is 6.36. The molecule has 1 fully saturated rings. The Labute approximate surface area is 81.2 Å². The van der Waals surface area contributed by atoms with Gasteiger partial charge in [-0.1, -0.05) is 23.2 Å². The van der Waals surface area contributed by atoms with Gasteiger partial charge in [-0.2, -0.15) is 0 Å². The number of β-amino-alcohol motifs (C(OH)–C–C–N with tert-alkyl or cyclic N) is 2. The zero-order valence-corrected chi connectivity index (χ0v) is 7.96. The molecular weight excluding hydrogens is 201 g/mol. The molecule has 1 rings (SSSR count). The maximum atomic E-state index is 9.17. The third kappa shape index (κ3) is 2.61. The molecule has 3 nitrogen and oxygen atoms in total. The molecule has 1 aliphatic rings. The standard InChI is InChI=1S/C7H11Cl2NO2/c8-1-5(9)2-10-3-6(11)7(12)4-10/h1,6-7,11-12H,2-4H2/b5-1-/t6-,7+. The monoisotopic (exact) mass is 211 g/mol. The molecular formula is C7H11Cl2NO2. The molecule has 0 radical (unpaired) electrons. The lowest BCUT2D eigenvalue weighted by molar-refractivity contribution is 0.0572. The van der Waals surface area contributed by atoms with Crippen molar-refractivity contribution in [2.24, 2.45) is 0 Å². The van der Waals surface area contributed by atoms with Crippen LogP contribution in [-0.2, 0) is 0 Å². The predicted octanol–water partition coefficient (Wildman–Crippen LogP) is 0.343. The topological polar surface area (TPSA) is 43.7 Å². The summed E-state index contributed by atoms with van der Waals surface area (Å²) in [5.74, 6) is 0. The first kappa shape index (κ1) is 10.3. The van der Waals surface area contributed by atoms with Gasteiger partial charge in [-0.15, -0.1) is 0 Å². The lowest BCUT2D eigenvalue weighted by Crippen LogP contribution is -2.23. The molecule has 70 valence electrons. The minimum absolute atomic E-state index is 0.447. The Kier molecular flexibility index (Phi) is 3.80. The highest BCUT2D eigenvalue weighted by Gasteiger charge is 2.29. The molecule has 0 aromatic rings. The Balaban J connectivity index is 2.37. The zero-order valence-electron chi connectivity index (χ0n) is 6.45. The molecule has 0 aromatic heterocycles. The Bertz CT molecular complexity index is 176. The van der Waals surface area contributed by atoms with Crippen LogP contribution in [0, 0.1) is 0 Å². The number of rotatable bonds is 2. The number of halogens is 2. The Morgan fingerprint density at radius 2 is 1.92 bits per heavy atom. The van der Waals surface area contributed by atoms with Crippen LogP contribution in [0.4, 0.5) is 0 Å². The Hall–Kier alpha value is 0.200. The van der Waals surface area contributed by atoms with Crippen molar-refractivity contribution in [3.63, 3.8) is 0 Å². The summed E-state index contributed by atoms with van der Waals surface area (Å²) in [6, 6.07) is 0. The fraction of sp³-hybridized carbons (Fsp3) is 0.714. The van der Waals surface area contributed by atoms with Gasteiger partial charge in [0.05, 0.1) is 12.2 Å². The second-order valence-electron chi connectivity index (χ2n) is 2.88. The minimum Gasteiger partial charge on any atom is -0.389 e. The third-order valence-corrected chi connectivity index (χ3v) is 2.43. The van der Waals surface area contributed by atoms with Crippen molar-refractivity contribution in [1.29, 1.82) is 0 Å². The van der Waals surface area contributed by atoms with Crippen LogP contribution in [0.15, 0.2) is 10.6 Å². The van der Waals surface area contributed by atoms with Crippen molar-refractivity contribution in [1.82, 2.24) is 4.90 Å². The van der Waals surface area contributed by atoms with Gasteiger partial charge >= 0.3 is 0 Å². The molecule has 1 aliphatic heterocycles.